The van der Waals surface area contributed by atoms with E-state index in [1.165, 1.54) is 0 Å². The van der Waals surface area contributed by atoms with E-state index in [0.29, 0.717) is 43.3 Å². The van der Waals surface area contributed by atoms with Crippen LogP contribution in [0.2, 0.25) is 15.1 Å². The van der Waals surface area contributed by atoms with E-state index in [-0.39, 0.29) is 31.3 Å². The fraction of sp³-hybridized carbons (Fsp3) is 0.188. The van der Waals surface area contributed by atoms with Gasteiger partial charge in [0.1, 0.15) is 6.04 Å². The van der Waals surface area contributed by atoms with Gasteiger partial charge in [0, 0.05) is 28.2 Å². The molecule has 4 aromatic rings. The van der Waals surface area contributed by atoms with Gasteiger partial charge in [-0.3, -0.25) is 9.59 Å². The zero-order valence-electron chi connectivity index (χ0n) is 22.6. The van der Waals surface area contributed by atoms with Crippen molar-refractivity contribution in [2.45, 2.75) is 25.6 Å². The van der Waals surface area contributed by atoms with Crippen molar-refractivity contribution >= 4 is 46.6 Å². The Hall–Kier alpha value is -3.71. The average Bonchev–Trinajstić information content (AvgIpc) is 2.97. The molecule has 0 fully saturated rings. The monoisotopic (exact) mass is 610 g/mol. The molecule has 41 heavy (non-hydrogen) atoms. The van der Waals surface area contributed by atoms with Crippen LogP contribution in [0.3, 0.4) is 0 Å². The summed E-state index contributed by atoms with van der Waals surface area (Å²) in [7, 11) is 3.09. The van der Waals surface area contributed by atoms with Crippen LogP contribution < -0.4 is 14.8 Å². The maximum atomic E-state index is 14.0. The Morgan fingerprint density at radius 3 is 2.10 bits per heavy atom. The third-order valence-corrected chi connectivity index (χ3v) is 7.37. The third-order valence-electron chi connectivity index (χ3n) is 6.53. The van der Waals surface area contributed by atoms with Crippen molar-refractivity contribution in [3.05, 3.63) is 128 Å². The lowest BCUT2D eigenvalue weighted by Crippen LogP contribution is -2.43. The minimum atomic E-state index is -0.925. The molecule has 0 unspecified atom stereocenters. The highest BCUT2D eigenvalue weighted by Crippen LogP contribution is 2.30. The van der Waals surface area contributed by atoms with Gasteiger partial charge >= 0.3 is 0 Å². The van der Waals surface area contributed by atoms with Crippen LogP contribution in [0, 0.1) is 0 Å². The van der Waals surface area contributed by atoms with Gasteiger partial charge < -0.3 is 19.7 Å². The Balaban J connectivity index is 1.69. The summed E-state index contributed by atoms with van der Waals surface area (Å²) in [5.74, 6) is 0.473. The standard InChI is InChI=1S/C32H29Cl3N2O4/c1-40-28-15-10-22(16-29(28)41-2)17-30(38)37(20-21-8-12-25(33)13-9-21)31(23-6-4-3-5-7-23)32(39)36-19-24-11-14-26(34)18-27(24)35/h3-16,18,31H,17,19-20H2,1-2H3,(H,36,39)/t31-/m1/s1. The van der Waals surface area contributed by atoms with Gasteiger partial charge in [0.05, 0.1) is 20.6 Å². The molecule has 0 radical (unpaired) electrons. The van der Waals surface area contributed by atoms with Crippen molar-refractivity contribution in [2.75, 3.05) is 14.2 Å². The van der Waals surface area contributed by atoms with Crippen molar-refractivity contribution in [3.63, 3.8) is 0 Å². The van der Waals surface area contributed by atoms with Crippen LogP contribution in [-0.2, 0) is 29.1 Å². The molecule has 212 valence electrons. The molecule has 1 atom stereocenters. The van der Waals surface area contributed by atoms with Gasteiger partial charge in [-0.1, -0.05) is 89.4 Å². The maximum Gasteiger partial charge on any atom is 0.247 e. The molecule has 0 aromatic heterocycles. The highest BCUT2D eigenvalue weighted by molar-refractivity contribution is 6.35. The van der Waals surface area contributed by atoms with Crippen molar-refractivity contribution < 1.29 is 19.1 Å². The first-order valence-electron chi connectivity index (χ1n) is 12.8. The van der Waals surface area contributed by atoms with E-state index in [2.05, 4.69) is 5.32 Å². The summed E-state index contributed by atoms with van der Waals surface area (Å²) in [6.07, 6.45) is 0.0353. The Bertz CT molecular complexity index is 1500. The third kappa shape index (κ3) is 7.94. The minimum absolute atomic E-state index is 0.0353. The molecular weight excluding hydrogens is 583 g/mol. The number of carbonyl (C=O) groups excluding carboxylic acids is 2. The van der Waals surface area contributed by atoms with E-state index >= 15 is 0 Å². The predicted octanol–water partition coefficient (Wildman–Crippen LogP) is 7.29. The van der Waals surface area contributed by atoms with Gasteiger partial charge in [-0.2, -0.15) is 0 Å². The van der Waals surface area contributed by atoms with E-state index in [1.807, 2.05) is 42.5 Å². The number of benzene rings is 4. The Morgan fingerprint density at radius 2 is 1.44 bits per heavy atom. The summed E-state index contributed by atoms with van der Waals surface area (Å²) in [5, 5.41) is 4.49. The van der Waals surface area contributed by atoms with E-state index in [1.54, 1.807) is 67.7 Å². The molecule has 6 nitrogen and oxygen atoms in total. The van der Waals surface area contributed by atoms with Gasteiger partial charge in [0.15, 0.2) is 11.5 Å². The zero-order valence-corrected chi connectivity index (χ0v) is 24.8. The topological polar surface area (TPSA) is 67.9 Å². The second-order valence-electron chi connectivity index (χ2n) is 9.28. The molecule has 0 aliphatic heterocycles. The number of amides is 2. The van der Waals surface area contributed by atoms with Crippen LogP contribution in [0.4, 0.5) is 0 Å². The molecule has 9 heteroatoms. The second-order valence-corrected chi connectivity index (χ2v) is 10.6. The largest absolute Gasteiger partial charge is 0.493 e. The predicted molar refractivity (Wildman–Crippen MR) is 163 cm³/mol. The van der Waals surface area contributed by atoms with Gasteiger partial charge in [-0.15, -0.1) is 0 Å². The number of hydrogen-bond donors (Lipinski definition) is 1. The number of halogens is 3. The quantitative estimate of drug-likeness (QED) is 0.193. The van der Waals surface area contributed by atoms with Gasteiger partial charge in [0.2, 0.25) is 11.8 Å². The number of hydrogen-bond acceptors (Lipinski definition) is 4. The van der Waals surface area contributed by atoms with E-state index < -0.39 is 6.04 Å². The van der Waals surface area contributed by atoms with Crippen molar-refractivity contribution in [1.82, 2.24) is 10.2 Å². The van der Waals surface area contributed by atoms with Crippen LogP contribution in [-0.4, -0.2) is 30.9 Å². The van der Waals surface area contributed by atoms with Crippen molar-refractivity contribution in [1.29, 1.82) is 0 Å². The van der Waals surface area contributed by atoms with Gasteiger partial charge in [0.25, 0.3) is 0 Å². The minimum Gasteiger partial charge on any atom is -0.493 e. The van der Waals surface area contributed by atoms with Crippen LogP contribution in [0.15, 0.2) is 91.0 Å². The summed E-state index contributed by atoms with van der Waals surface area (Å²) in [5.41, 5.74) is 2.91. The lowest BCUT2D eigenvalue weighted by atomic mass is 10.0. The summed E-state index contributed by atoms with van der Waals surface area (Å²) in [6.45, 7) is 0.342. The maximum absolute atomic E-state index is 14.0. The molecule has 0 saturated carbocycles. The number of rotatable bonds is 11. The SMILES string of the molecule is COc1ccc(CC(=O)N(Cc2ccc(Cl)cc2)[C@@H](C(=O)NCc2ccc(Cl)cc2Cl)c2ccccc2)cc1OC. The highest BCUT2D eigenvalue weighted by atomic mass is 35.5. The molecule has 2 amide bonds. The summed E-state index contributed by atoms with van der Waals surface area (Å²) in [6, 6.07) is 25.9. The van der Waals surface area contributed by atoms with Crippen molar-refractivity contribution in [3.8, 4) is 11.5 Å². The smallest absolute Gasteiger partial charge is 0.247 e. The fourth-order valence-corrected chi connectivity index (χ4v) is 5.03. The fourth-order valence-electron chi connectivity index (χ4n) is 4.43. The summed E-state index contributed by atoms with van der Waals surface area (Å²) in [4.78, 5) is 29.5. The number of nitrogens with zero attached hydrogens (tertiary/aromatic N) is 1. The first-order chi connectivity index (χ1) is 19.8. The first kappa shape index (κ1) is 30.3. The van der Waals surface area contributed by atoms with Crippen LogP contribution in [0.5, 0.6) is 11.5 Å². The van der Waals surface area contributed by atoms with Crippen LogP contribution in [0.25, 0.3) is 0 Å². The Morgan fingerprint density at radius 1 is 0.780 bits per heavy atom. The van der Waals surface area contributed by atoms with Gasteiger partial charge in [-0.25, -0.2) is 0 Å². The molecule has 0 aliphatic carbocycles. The zero-order chi connectivity index (χ0) is 29.4. The summed E-state index contributed by atoms with van der Waals surface area (Å²) >= 11 is 18.5. The number of carbonyl (C=O) groups is 2. The Kier molecular flexibility index (Phi) is 10.5. The molecule has 1 N–H and O–H groups in total. The molecule has 0 aliphatic rings. The average molecular weight is 612 g/mol. The molecule has 0 saturated heterocycles. The highest BCUT2D eigenvalue weighted by Gasteiger charge is 2.31. The lowest BCUT2D eigenvalue weighted by Gasteiger charge is -2.32. The number of methoxy groups -OCH3 is 2. The van der Waals surface area contributed by atoms with E-state index in [4.69, 9.17) is 44.3 Å². The Labute approximate surface area is 254 Å². The molecule has 0 bridgehead atoms. The second kappa shape index (κ2) is 14.3. The number of nitrogens with one attached hydrogen (secondary N) is 1. The number of ether oxygens (including phenoxy) is 2. The first-order valence-corrected chi connectivity index (χ1v) is 13.9. The molecular formula is C32H29Cl3N2O4. The van der Waals surface area contributed by atoms with Crippen LogP contribution in [0.1, 0.15) is 28.3 Å². The van der Waals surface area contributed by atoms with Gasteiger partial charge in [-0.05, 0) is 58.7 Å². The van der Waals surface area contributed by atoms with Crippen molar-refractivity contribution in [2.24, 2.45) is 0 Å². The molecule has 0 spiro atoms. The molecule has 4 aromatic carbocycles. The molecule has 0 heterocycles. The molecule has 4 rings (SSSR count). The van der Waals surface area contributed by atoms with E-state index in [9.17, 15) is 9.59 Å². The van der Waals surface area contributed by atoms with Crippen LogP contribution >= 0.6 is 34.8 Å². The summed E-state index contributed by atoms with van der Waals surface area (Å²) < 4.78 is 10.8. The normalized spacial score (nSPS) is 11.4. The van der Waals surface area contributed by atoms with E-state index in [0.717, 1.165) is 5.56 Å². The lowest BCUT2D eigenvalue weighted by molar-refractivity contribution is -0.141.